The molecule has 0 amide bonds. The molecule has 1 aromatic rings. The number of anilines is 1. The molecular formula is C8H9N5O2. The number of nitrogens with one attached hydrogen (secondary N) is 1. The Morgan fingerprint density at radius 1 is 1.47 bits per heavy atom. The fraction of sp³-hybridized carbons (Fsp3) is 0.250. The highest BCUT2D eigenvalue weighted by molar-refractivity contribution is 5.94. The molecule has 0 aliphatic carbocycles. The van der Waals surface area contributed by atoms with Crippen LogP contribution in [0.1, 0.15) is 11.4 Å². The summed E-state index contributed by atoms with van der Waals surface area (Å²) in [6, 6.07) is 1.79. The molecule has 0 spiro atoms. The van der Waals surface area contributed by atoms with Crippen molar-refractivity contribution in [2.24, 2.45) is 0 Å². The van der Waals surface area contributed by atoms with Gasteiger partial charge < -0.3 is 15.2 Å². The average molecular weight is 207 g/mol. The van der Waals surface area contributed by atoms with Gasteiger partial charge in [0.2, 0.25) is 11.6 Å². The number of ether oxygens (including phenoxy) is 2. The second-order valence-corrected chi connectivity index (χ2v) is 2.46. The maximum Gasteiger partial charge on any atom is 0.252 e. The van der Waals surface area contributed by atoms with Crippen LogP contribution in [-0.4, -0.2) is 30.1 Å². The van der Waals surface area contributed by atoms with Gasteiger partial charge in [0.05, 0.1) is 14.2 Å². The molecule has 1 aromatic heterocycles. The summed E-state index contributed by atoms with van der Waals surface area (Å²) in [6.07, 6.45) is 0. The first kappa shape index (κ1) is 10.7. The molecule has 1 rings (SSSR count). The maximum atomic E-state index is 8.73. The van der Waals surface area contributed by atoms with Crippen molar-refractivity contribution in [3.8, 4) is 11.9 Å². The number of hydrogen-bond donors (Lipinski definition) is 2. The Labute approximate surface area is 86.0 Å². The summed E-state index contributed by atoms with van der Waals surface area (Å²) in [5.41, 5.74) is 5.50. The lowest BCUT2D eigenvalue weighted by molar-refractivity contribution is 0.390. The molecule has 0 saturated heterocycles. The van der Waals surface area contributed by atoms with E-state index in [2.05, 4.69) is 14.7 Å². The first-order valence-electron chi connectivity index (χ1n) is 3.88. The lowest BCUT2D eigenvalue weighted by Gasteiger charge is -2.07. The van der Waals surface area contributed by atoms with Crippen LogP contribution in [0.4, 0.5) is 5.82 Å². The molecule has 0 aromatic carbocycles. The molecule has 0 fully saturated rings. The minimum absolute atomic E-state index is 0.0160. The van der Waals surface area contributed by atoms with E-state index in [9.17, 15) is 0 Å². The molecule has 15 heavy (non-hydrogen) atoms. The van der Waals surface area contributed by atoms with E-state index in [1.807, 2.05) is 0 Å². The monoisotopic (exact) mass is 207 g/mol. The van der Waals surface area contributed by atoms with E-state index in [0.29, 0.717) is 0 Å². The highest BCUT2D eigenvalue weighted by Gasteiger charge is 2.15. The van der Waals surface area contributed by atoms with E-state index >= 15 is 0 Å². The molecule has 0 radical (unpaired) electrons. The van der Waals surface area contributed by atoms with Gasteiger partial charge in [-0.3, -0.25) is 5.41 Å². The zero-order valence-corrected chi connectivity index (χ0v) is 8.24. The minimum Gasteiger partial charge on any atom is -0.480 e. The number of methoxy groups -OCH3 is 2. The number of nitrogens with two attached hydrogens (primary N) is 1. The smallest absolute Gasteiger partial charge is 0.252 e. The van der Waals surface area contributed by atoms with E-state index in [4.69, 9.17) is 21.1 Å². The van der Waals surface area contributed by atoms with Gasteiger partial charge in [0, 0.05) is 0 Å². The summed E-state index contributed by atoms with van der Waals surface area (Å²) >= 11 is 0. The number of rotatable bonds is 2. The summed E-state index contributed by atoms with van der Waals surface area (Å²) in [7, 11) is 2.66. The van der Waals surface area contributed by atoms with Crippen LogP contribution in [0, 0.1) is 16.7 Å². The van der Waals surface area contributed by atoms with Crippen LogP contribution >= 0.6 is 0 Å². The molecule has 0 unspecified atom stereocenters. The Kier molecular flexibility index (Phi) is 3.03. The molecule has 0 saturated carbocycles. The minimum atomic E-state index is -0.251. The summed E-state index contributed by atoms with van der Waals surface area (Å²) < 4.78 is 9.44. The van der Waals surface area contributed by atoms with E-state index in [-0.39, 0.29) is 29.0 Å². The number of nitrogens with zero attached hydrogens (tertiary/aromatic N) is 3. The second kappa shape index (κ2) is 4.23. The molecule has 0 aliphatic heterocycles. The van der Waals surface area contributed by atoms with E-state index < -0.39 is 0 Å². The highest BCUT2D eigenvalue weighted by atomic mass is 16.5. The van der Waals surface area contributed by atoms with Crippen LogP contribution in [0.15, 0.2) is 0 Å². The zero-order chi connectivity index (χ0) is 11.4. The van der Waals surface area contributed by atoms with Gasteiger partial charge in [-0.15, -0.1) is 0 Å². The predicted molar refractivity (Wildman–Crippen MR) is 51.5 cm³/mol. The van der Waals surface area contributed by atoms with Crippen LogP contribution < -0.4 is 10.5 Å². The van der Waals surface area contributed by atoms with Gasteiger partial charge in [0.15, 0.2) is 11.5 Å². The van der Waals surface area contributed by atoms with Gasteiger partial charge in [-0.05, 0) is 0 Å². The largest absolute Gasteiger partial charge is 0.480 e. The van der Waals surface area contributed by atoms with Gasteiger partial charge in [0.1, 0.15) is 6.07 Å². The molecular weight excluding hydrogens is 198 g/mol. The quantitative estimate of drug-likeness (QED) is 0.516. The van der Waals surface area contributed by atoms with Crippen LogP contribution in [0.2, 0.25) is 0 Å². The van der Waals surface area contributed by atoms with Gasteiger partial charge in [0.25, 0.3) is 5.88 Å². The molecule has 0 bridgehead atoms. The number of nitrogen functional groups attached to an aromatic ring is 1. The van der Waals surface area contributed by atoms with Gasteiger partial charge in [-0.2, -0.15) is 10.2 Å². The number of aromatic nitrogens is 2. The van der Waals surface area contributed by atoms with Crippen molar-refractivity contribution in [3.05, 3.63) is 11.4 Å². The maximum absolute atomic E-state index is 8.73. The standard InChI is InChI=1S/C8H9N5O2/c1-14-7(11)5-6(10)13-8(15-2)4(3-9)12-5/h11H,1-2H3,(H2,10,13). The van der Waals surface area contributed by atoms with Gasteiger partial charge in [-0.1, -0.05) is 0 Å². The molecule has 7 nitrogen and oxygen atoms in total. The number of hydrogen-bond acceptors (Lipinski definition) is 7. The van der Waals surface area contributed by atoms with Crippen molar-refractivity contribution in [2.45, 2.75) is 0 Å². The Bertz CT molecular complexity index is 437. The molecule has 0 aliphatic rings. The summed E-state index contributed by atoms with van der Waals surface area (Å²) in [5, 5.41) is 16.1. The Hall–Kier alpha value is -2.36. The van der Waals surface area contributed by atoms with Crippen LogP contribution in [0.5, 0.6) is 5.88 Å². The van der Waals surface area contributed by atoms with Crippen LogP contribution in [0.25, 0.3) is 0 Å². The van der Waals surface area contributed by atoms with Crippen LogP contribution in [0.3, 0.4) is 0 Å². The first-order valence-corrected chi connectivity index (χ1v) is 3.88. The zero-order valence-electron chi connectivity index (χ0n) is 8.24. The predicted octanol–water partition coefficient (Wildman–Crippen LogP) is -0.0892. The fourth-order valence-electron chi connectivity index (χ4n) is 0.911. The molecule has 7 heteroatoms. The topological polar surface area (TPSA) is 118 Å². The first-order chi connectivity index (χ1) is 7.13. The van der Waals surface area contributed by atoms with Crippen molar-refractivity contribution in [1.29, 1.82) is 10.7 Å². The Morgan fingerprint density at radius 2 is 2.13 bits per heavy atom. The van der Waals surface area contributed by atoms with Crippen molar-refractivity contribution >= 4 is 11.7 Å². The highest BCUT2D eigenvalue weighted by Crippen LogP contribution is 2.17. The van der Waals surface area contributed by atoms with Crippen molar-refractivity contribution in [1.82, 2.24) is 9.97 Å². The molecule has 78 valence electrons. The Morgan fingerprint density at radius 3 is 2.60 bits per heavy atom. The normalized spacial score (nSPS) is 9.13. The van der Waals surface area contributed by atoms with Crippen molar-refractivity contribution in [2.75, 3.05) is 20.0 Å². The average Bonchev–Trinajstić information content (AvgIpc) is 2.27. The molecule has 1 heterocycles. The Balaban J connectivity index is 3.33. The molecule has 3 N–H and O–H groups in total. The molecule has 0 atom stereocenters. The fourth-order valence-corrected chi connectivity index (χ4v) is 0.911. The number of nitriles is 1. The summed E-state index contributed by atoms with van der Waals surface area (Å²) in [4.78, 5) is 7.59. The van der Waals surface area contributed by atoms with Crippen LogP contribution in [-0.2, 0) is 4.74 Å². The third-order valence-electron chi connectivity index (χ3n) is 1.61. The van der Waals surface area contributed by atoms with E-state index in [1.54, 1.807) is 6.07 Å². The summed E-state index contributed by atoms with van der Waals surface area (Å²) in [6.45, 7) is 0. The summed E-state index contributed by atoms with van der Waals surface area (Å²) in [5.74, 6) is -0.237. The lowest BCUT2D eigenvalue weighted by atomic mass is 10.3. The van der Waals surface area contributed by atoms with Crippen molar-refractivity contribution in [3.63, 3.8) is 0 Å². The SMILES string of the molecule is COC(=N)c1nc(C#N)c(OC)nc1N. The lowest BCUT2D eigenvalue weighted by Crippen LogP contribution is -2.12. The second-order valence-electron chi connectivity index (χ2n) is 2.46. The van der Waals surface area contributed by atoms with Crippen molar-refractivity contribution < 1.29 is 9.47 Å². The third-order valence-corrected chi connectivity index (χ3v) is 1.61. The van der Waals surface area contributed by atoms with Gasteiger partial charge >= 0.3 is 0 Å². The van der Waals surface area contributed by atoms with E-state index in [0.717, 1.165) is 0 Å². The van der Waals surface area contributed by atoms with Gasteiger partial charge in [-0.25, -0.2) is 4.98 Å². The third kappa shape index (κ3) is 1.94. The van der Waals surface area contributed by atoms with E-state index in [1.165, 1.54) is 14.2 Å².